The third-order valence-electron chi connectivity index (χ3n) is 1.82. The first-order valence-electron chi connectivity index (χ1n) is 4.79. The normalized spacial score (nSPS) is 10.9. The Morgan fingerprint density at radius 3 is 2.67 bits per heavy atom. The van der Waals surface area contributed by atoms with Crippen LogP contribution in [-0.2, 0) is 10.3 Å². The number of thiazole rings is 1. The molecule has 15 heavy (non-hydrogen) atoms. The van der Waals surface area contributed by atoms with Crippen LogP contribution in [-0.4, -0.2) is 10.9 Å². The predicted molar refractivity (Wildman–Crippen MR) is 62.7 cm³/mol. The van der Waals surface area contributed by atoms with Gasteiger partial charge < -0.3 is 5.32 Å². The molecule has 0 fully saturated rings. The van der Waals surface area contributed by atoms with E-state index in [1.807, 2.05) is 33.1 Å². The highest BCUT2D eigenvalue weighted by atomic mass is 32.1. The third kappa shape index (κ3) is 3.47. The van der Waals surface area contributed by atoms with Crippen LogP contribution in [0.2, 0.25) is 0 Å². The molecule has 0 atom stereocenters. The molecular weight excluding hydrogens is 208 g/mol. The number of hydrogen-bond donors (Lipinski definition) is 1. The Morgan fingerprint density at radius 2 is 2.20 bits per heavy atom. The number of nitrogens with one attached hydrogen (secondary N) is 1. The van der Waals surface area contributed by atoms with Gasteiger partial charge in [-0.15, -0.1) is 11.3 Å². The number of rotatable bonds is 3. The van der Waals surface area contributed by atoms with Gasteiger partial charge >= 0.3 is 0 Å². The molecule has 0 spiro atoms. The van der Waals surface area contributed by atoms with Gasteiger partial charge in [0.15, 0.2) is 0 Å². The first-order valence-corrected chi connectivity index (χ1v) is 5.67. The first kappa shape index (κ1) is 11.9. The van der Waals surface area contributed by atoms with Gasteiger partial charge in [0.05, 0.1) is 5.54 Å². The second kappa shape index (κ2) is 4.57. The van der Waals surface area contributed by atoms with Crippen molar-refractivity contribution in [3.8, 4) is 0 Å². The summed E-state index contributed by atoms with van der Waals surface area (Å²) in [7, 11) is 0. The number of nitrogens with zero attached hydrogens (tertiary/aromatic N) is 1. The van der Waals surface area contributed by atoms with Gasteiger partial charge in [0.1, 0.15) is 5.01 Å². The fourth-order valence-corrected chi connectivity index (χ4v) is 1.91. The minimum absolute atomic E-state index is 0.0739. The number of amides is 1. The quantitative estimate of drug-likeness (QED) is 0.801. The Hall–Kier alpha value is -1.16. The number of carbonyl (C=O) groups excluding carboxylic acids is 1. The number of hydrogen-bond acceptors (Lipinski definition) is 3. The molecule has 1 aromatic heterocycles. The number of aromatic nitrogens is 1. The maximum Gasteiger partial charge on any atom is 0.244 e. The molecule has 0 aromatic carbocycles. The van der Waals surface area contributed by atoms with Crippen LogP contribution in [0, 0.1) is 0 Å². The highest BCUT2D eigenvalue weighted by Gasteiger charge is 2.24. The van der Waals surface area contributed by atoms with Crippen LogP contribution in [0.25, 0.3) is 0 Å². The zero-order valence-corrected chi connectivity index (χ0v) is 10.3. The lowest BCUT2D eigenvalue weighted by Gasteiger charge is -2.22. The van der Waals surface area contributed by atoms with Gasteiger partial charge in [-0.2, -0.15) is 0 Å². The fraction of sp³-hybridized carbons (Fsp3) is 0.455. The van der Waals surface area contributed by atoms with Crippen LogP contribution in [0.15, 0.2) is 23.2 Å². The van der Waals surface area contributed by atoms with E-state index in [2.05, 4.69) is 10.3 Å². The summed E-state index contributed by atoms with van der Waals surface area (Å²) in [4.78, 5) is 15.8. The molecule has 1 heterocycles. The van der Waals surface area contributed by atoms with Gasteiger partial charge in [-0.1, -0.05) is 5.57 Å². The van der Waals surface area contributed by atoms with Crippen LogP contribution in [0.3, 0.4) is 0 Å². The lowest BCUT2D eigenvalue weighted by atomic mass is 10.1. The van der Waals surface area contributed by atoms with E-state index in [1.54, 1.807) is 23.6 Å². The summed E-state index contributed by atoms with van der Waals surface area (Å²) < 4.78 is 0. The minimum Gasteiger partial charge on any atom is -0.341 e. The van der Waals surface area contributed by atoms with Gasteiger partial charge in [-0.25, -0.2) is 4.98 Å². The van der Waals surface area contributed by atoms with E-state index in [1.165, 1.54) is 0 Å². The molecule has 0 bridgehead atoms. The fourth-order valence-electron chi connectivity index (χ4n) is 1.19. The lowest BCUT2D eigenvalue weighted by molar-refractivity contribution is -0.118. The zero-order chi connectivity index (χ0) is 11.5. The molecule has 0 unspecified atom stereocenters. The highest BCUT2D eigenvalue weighted by molar-refractivity contribution is 7.09. The van der Waals surface area contributed by atoms with Crippen LogP contribution in [0.5, 0.6) is 0 Å². The summed E-state index contributed by atoms with van der Waals surface area (Å²) in [6.45, 7) is 7.69. The Kier molecular flexibility index (Phi) is 3.63. The minimum atomic E-state index is -0.406. The molecule has 4 heteroatoms. The first-order chi connectivity index (χ1) is 6.92. The Labute approximate surface area is 94.2 Å². The molecule has 82 valence electrons. The molecule has 0 aliphatic carbocycles. The third-order valence-corrected chi connectivity index (χ3v) is 2.92. The molecule has 1 N–H and O–H groups in total. The monoisotopic (exact) mass is 224 g/mol. The van der Waals surface area contributed by atoms with Gasteiger partial charge in [-0.05, 0) is 27.7 Å². The van der Waals surface area contributed by atoms with E-state index in [4.69, 9.17) is 0 Å². The van der Waals surface area contributed by atoms with Crippen molar-refractivity contribution >= 4 is 17.2 Å². The van der Waals surface area contributed by atoms with Crippen molar-refractivity contribution in [2.75, 3.05) is 0 Å². The van der Waals surface area contributed by atoms with Gasteiger partial charge in [0.2, 0.25) is 5.91 Å². The van der Waals surface area contributed by atoms with Crippen LogP contribution in [0.1, 0.15) is 32.7 Å². The smallest absolute Gasteiger partial charge is 0.244 e. The van der Waals surface area contributed by atoms with E-state index in [-0.39, 0.29) is 5.91 Å². The largest absolute Gasteiger partial charge is 0.341 e. The van der Waals surface area contributed by atoms with Crippen molar-refractivity contribution in [1.82, 2.24) is 10.3 Å². The predicted octanol–water partition coefficient (Wildman–Crippen LogP) is 2.46. The summed E-state index contributed by atoms with van der Waals surface area (Å²) in [5, 5.41) is 5.74. The van der Waals surface area contributed by atoms with Crippen molar-refractivity contribution in [3.05, 3.63) is 28.2 Å². The number of allylic oxidation sites excluding steroid dienone is 1. The summed E-state index contributed by atoms with van der Waals surface area (Å²) >= 11 is 1.54. The molecule has 1 rings (SSSR count). The Bertz CT molecular complexity index is 362. The molecular formula is C11H16N2OS. The zero-order valence-electron chi connectivity index (χ0n) is 9.50. The number of carbonyl (C=O) groups is 1. The van der Waals surface area contributed by atoms with E-state index in [9.17, 15) is 4.79 Å². The van der Waals surface area contributed by atoms with E-state index in [0.29, 0.717) is 0 Å². The second-order valence-corrected chi connectivity index (χ2v) is 5.07. The molecule has 1 amide bonds. The average Bonchev–Trinajstić information content (AvgIpc) is 2.51. The summed E-state index contributed by atoms with van der Waals surface area (Å²) in [6, 6.07) is 0. The molecule has 0 aliphatic rings. The molecule has 3 nitrogen and oxygen atoms in total. The molecule has 0 radical (unpaired) electrons. The van der Waals surface area contributed by atoms with Crippen molar-refractivity contribution < 1.29 is 4.79 Å². The Morgan fingerprint density at radius 1 is 1.53 bits per heavy atom. The van der Waals surface area contributed by atoms with Crippen molar-refractivity contribution in [2.24, 2.45) is 0 Å². The standard InChI is InChI=1S/C11H16N2OS/c1-8(2)7-9(14)13-11(3,4)10-12-5-6-15-10/h5-7H,1-4H3,(H,13,14). The van der Waals surface area contributed by atoms with E-state index >= 15 is 0 Å². The Balaban J connectivity index is 2.73. The van der Waals surface area contributed by atoms with Gasteiger partial charge in [-0.3, -0.25) is 4.79 Å². The van der Waals surface area contributed by atoms with Crippen LogP contribution < -0.4 is 5.32 Å². The highest BCUT2D eigenvalue weighted by Crippen LogP contribution is 2.21. The van der Waals surface area contributed by atoms with Gasteiger partial charge in [0, 0.05) is 17.7 Å². The maximum atomic E-state index is 11.6. The van der Waals surface area contributed by atoms with Crippen molar-refractivity contribution in [2.45, 2.75) is 33.2 Å². The van der Waals surface area contributed by atoms with Crippen molar-refractivity contribution in [3.63, 3.8) is 0 Å². The summed E-state index contributed by atoms with van der Waals surface area (Å²) in [5.41, 5.74) is 0.583. The van der Waals surface area contributed by atoms with Crippen molar-refractivity contribution in [1.29, 1.82) is 0 Å². The SMILES string of the molecule is CC(C)=CC(=O)NC(C)(C)c1nccs1. The topological polar surface area (TPSA) is 42.0 Å². The molecule has 0 saturated carbocycles. The maximum absolute atomic E-state index is 11.6. The second-order valence-electron chi connectivity index (χ2n) is 4.17. The van der Waals surface area contributed by atoms with E-state index in [0.717, 1.165) is 10.6 Å². The molecule has 1 aromatic rings. The van der Waals surface area contributed by atoms with Gasteiger partial charge in [0.25, 0.3) is 0 Å². The molecule has 0 aliphatic heterocycles. The van der Waals surface area contributed by atoms with Crippen LogP contribution >= 0.6 is 11.3 Å². The lowest BCUT2D eigenvalue weighted by Crippen LogP contribution is -2.40. The average molecular weight is 224 g/mol. The molecule has 0 saturated heterocycles. The van der Waals surface area contributed by atoms with E-state index < -0.39 is 5.54 Å². The summed E-state index contributed by atoms with van der Waals surface area (Å²) in [5.74, 6) is -0.0739. The van der Waals surface area contributed by atoms with Crippen LogP contribution in [0.4, 0.5) is 0 Å². The summed E-state index contributed by atoms with van der Waals surface area (Å²) in [6.07, 6.45) is 3.34.